The lowest BCUT2D eigenvalue weighted by Gasteiger charge is -2.26. The smallest absolute Gasteiger partial charge is 0.243 e. The predicted octanol–water partition coefficient (Wildman–Crippen LogP) is 4.56. The van der Waals surface area contributed by atoms with Crippen molar-refractivity contribution in [1.29, 1.82) is 0 Å². The second kappa shape index (κ2) is 10.5. The maximum atomic E-state index is 12.9. The number of piperidine rings is 1. The Labute approximate surface area is 198 Å². The number of benzene rings is 2. The highest BCUT2D eigenvalue weighted by Crippen LogP contribution is 2.32. The molecule has 0 saturated carbocycles. The van der Waals surface area contributed by atoms with Gasteiger partial charge in [-0.05, 0) is 50.1 Å². The molecule has 0 spiro atoms. The Kier molecular flexibility index (Phi) is 7.42. The van der Waals surface area contributed by atoms with Gasteiger partial charge in [-0.3, -0.25) is 4.79 Å². The van der Waals surface area contributed by atoms with Gasteiger partial charge in [-0.2, -0.15) is 4.31 Å². The molecular weight excluding hydrogens is 458 g/mol. The number of nitrogens with zero attached hydrogens (tertiary/aromatic N) is 2. The van der Waals surface area contributed by atoms with Crippen LogP contribution in [0.15, 0.2) is 58.8 Å². The lowest BCUT2D eigenvalue weighted by molar-refractivity contribution is -0.115. The molecule has 1 saturated heterocycles. The van der Waals surface area contributed by atoms with Crippen LogP contribution in [0.2, 0.25) is 0 Å². The summed E-state index contributed by atoms with van der Waals surface area (Å²) in [5.74, 6) is 0.509. The van der Waals surface area contributed by atoms with E-state index in [1.807, 2.05) is 36.6 Å². The molecule has 2 aromatic carbocycles. The summed E-state index contributed by atoms with van der Waals surface area (Å²) in [6, 6.07) is 14.1. The van der Waals surface area contributed by atoms with Crippen LogP contribution >= 0.6 is 11.3 Å². The van der Waals surface area contributed by atoms with Gasteiger partial charge in [-0.15, -0.1) is 11.3 Å². The molecule has 1 aliphatic rings. The number of para-hydroxylation sites is 1. The van der Waals surface area contributed by atoms with Gasteiger partial charge in [0.25, 0.3) is 0 Å². The summed E-state index contributed by atoms with van der Waals surface area (Å²) >= 11 is 1.46. The third-order valence-electron chi connectivity index (χ3n) is 5.38. The zero-order valence-corrected chi connectivity index (χ0v) is 20.1. The first-order valence-electron chi connectivity index (χ1n) is 11.0. The van der Waals surface area contributed by atoms with Crippen LogP contribution in [0.3, 0.4) is 0 Å². The number of ether oxygens (including phenoxy) is 1. The standard InChI is InChI=1S/C24H27N3O4S2/c1-2-31-22-12-5-4-11-21(22)24-26-19(17-32-24)16-23(28)25-18-9-8-10-20(15-18)33(29,30)27-13-6-3-7-14-27/h4-5,8-12,15,17H,2-3,6-7,13-14,16H2,1H3,(H,25,28). The molecule has 1 N–H and O–H groups in total. The molecule has 9 heteroatoms. The van der Waals surface area contributed by atoms with E-state index in [1.54, 1.807) is 18.2 Å². The number of amides is 1. The van der Waals surface area contributed by atoms with E-state index in [1.165, 1.54) is 21.7 Å². The van der Waals surface area contributed by atoms with Crippen molar-refractivity contribution in [3.8, 4) is 16.3 Å². The Hall–Kier alpha value is -2.75. The number of hydrogen-bond acceptors (Lipinski definition) is 6. The molecule has 1 aromatic heterocycles. The molecule has 0 radical (unpaired) electrons. The van der Waals surface area contributed by atoms with Crippen LogP contribution in [-0.2, 0) is 21.2 Å². The quantitative estimate of drug-likeness (QED) is 0.505. The Balaban J connectivity index is 1.44. The van der Waals surface area contributed by atoms with Crippen molar-refractivity contribution in [1.82, 2.24) is 9.29 Å². The van der Waals surface area contributed by atoms with E-state index in [4.69, 9.17) is 4.74 Å². The molecule has 0 bridgehead atoms. The normalized spacial score (nSPS) is 14.7. The van der Waals surface area contributed by atoms with E-state index < -0.39 is 10.0 Å². The Morgan fingerprint density at radius 1 is 1.12 bits per heavy atom. The van der Waals surface area contributed by atoms with Crippen LogP contribution in [0.25, 0.3) is 10.6 Å². The van der Waals surface area contributed by atoms with E-state index in [9.17, 15) is 13.2 Å². The second-order valence-corrected chi connectivity index (χ2v) is 10.6. The zero-order chi connectivity index (χ0) is 23.3. The summed E-state index contributed by atoms with van der Waals surface area (Å²) in [6.07, 6.45) is 2.90. The molecule has 174 valence electrons. The highest BCUT2D eigenvalue weighted by molar-refractivity contribution is 7.89. The van der Waals surface area contributed by atoms with Gasteiger partial charge >= 0.3 is 0 Å². The van der Waals surface area contributed by atoms with Crippen molar-refractivity contribution in [2.45, 2.75) is 37.5 Å². The first-order valence-corrected chi connectivity index (χ1v) is 13.4. The van der Waals surface area contributed by atoms with Gasteiger partial charge in [0, 0.05) is 24.2 Å². The summed E-state index contributed by atoms with van der Waals surface area (Å²) < 4.78 is 33.0. The number of nitrogens with one attached hydrogen (secondary N) is 1. The number of anilines is 1. The van der Waals surface area contributed by atoms with Crippen molar-refractivity contribution < 1.29 is 17.9 Å². The van der Waals surface area contributed by atoms with Crippen LogP contribution in [-0.4, -0.2) is 43.3 Å². The minimum Gasteiger partial charge on any atom is -0.493 e. The van der Waals surface area contributed by atoms with Crippen molar-refractivity contribution in [2.75, 3.05) is 25.0 Å². The van der Waals surface area contributed by atoms with Crippen LogP contribution in [0.5, 0.6) is 5.75 Å². The van der Waals surface area contributed by atoms with Crippen LogP contribution in [0.4, 0.5) is 5.69 Å². The molecule has 1 aliphatic heterocycles. The van der Waals surface area contributed by atoms with Crippen molar-refractivity contribution >= 4 is 33.0 Å². The Morgan fingerprint density at radius 3 is 2.70 bits per heavy atom. The number of sulfonamides is 1. The average molecular weight is 486 g/mol. The fourth-order valence-corrected chi connectivity index (χ4v) is 6.21. The molecule has 1 amide bonds. The van der Waals surface area contributed by atoms with Crippen LogP contribution < -0.4 is 10.1 Å². The predicted molar refractivity (Wildman–Crippen MR) is 130 cm³/mol. The van der Waals surface area contributed by atoms with E-state index in [0.29, 0.717) is 31.1 Å². The molecule has 0 unspecified atom stereocenters. The van der Waals surface area contributed by atoms with Gasteiger partial charge in [-0.25, -0.2) is 13.4 Å². The zero-order valence-electron chi connectivity index (χ0n) is 18.5. The number of aromatic nitrogens is 1. The first kappa shape index (κ1) is 23.4. The Bertz CT molecular complexity index is 1220. The first-order chi connectivity index (χ1) is 16.0. The highest BCUT2D eigenvalue weighted by atomic mass is 32.2. The molecule has 0 atom stereocenters. The highest BCUT2D eigenvalue weighted by Gasteiger charge is 2.26. The van der Waals surface area contributed by atoms with E-state index >= 15 is 0 Å². The van der Waals surface area contributed by atoms with E-state index in [0.717, 1.165) is 35.6 Å². The summed E-state index contributed by atoms with van der Waals surface area (Å²) in [5.41, 5.74) is 2.00. The van der Waals surface area contributed by atoms with Gasteiger partial charge in [-0.1, -0.05) is 24.6 Å². The summed E-state index contributed by atoms with van der Waals surface area (Å²) in [5, 5.41) is 5.45. The third kappa shape index (κ3) is 5.61. The van der Waals surface area contributed by atoms with Gasteiger partial charge in [0.05, 0.1) is 29.2 Å². The number of thiazole rings is 1. The fraction of sp³-hybridized carbons (Fsp3) is 0.333. The minimum atomic E-state index is -3.56. The minimum absolute atomic E-state index is 0.0937. The van der Waals surface area contributed by atoms with Gasteiger partial charge in [0.2, 0.25) is 15.9 Å². The maximum Gasteiger partial charge on any atom is 0.243 e. The molecule has 0 aliphatic carbocycles. The lowest BCUT2D eigenvalue weighted by atomic mass is 10.2. The molecule has 4 rings (SSSR count). The van der Waals surface area contributed by atoms with E-state index in [-0.39, 0.29) is 17.2 Å². The Morgan fingerprint density at radius 2 is 1.91 bits per heavy atom. The van der Waals surface area contributed by atoms with Crippen LogP contribution in [0.1, 0.15) is 31.9 Å². The molecule has 3 aromatic rings. The average Bonchev–Trinajstić information content (AvgIpc) is 3.28. The molecule has 7 nitrogen and oxygen atoms in total. The largest absolute Gasteiger partial charge is 0.493 e. The maximum absolute atomic E-state index is 12.9. The number of hydrogen-bond donors (Lipinski definition) is 1. The SMILES string of the molecule is CCOc1ccccc1-c1nc(CC(=O)Nc2cccc(S(=O)(=O)N3CCCCC3)c2)cs1. The summed E-state index contributed by atoms with van der Waals surface area (Å²) in [6.45, 7) is 3.57. The topological polar surface area (TPSA) is 88.6 Å². The van der Waals surface area contributed by atoms with Gasteiger partial charge in [0.1, 0.15) is 10.8 Å². The molecular formula is C24H27N3O4S2. The monoisotopic (exact) mass is 485 g/mol. The number of rotatable bonds is 8. The second-order valence-electron chi connectivity index (χ2n) is 7.79. The number of carbonyl (C=O) groups excluding carboxylic acids is 1. The fourth-order valence-electron chi connectivity index (χ4n) is 3.79. The van der Waals surface area contributed by atoms with E-state index in [2.05, 4.69) is 10.3 Å². The van der Waals surface area contributed by atoms with Crippen molar-refractivity contribution in [2.24, 2.45) is 0 Å². The summed E-state index contributed by atoms with van der Waals surface area (Å²) in [4.78, 5) is 17.4. The van der Waals surface area contributed by atoms with Crippen molar-refractivity contribution in [3.05, 3.63) is 59.6 Å². The van der Waals surface area contributed by atoms with Gasteiger partial charge in [0.15, 0.2) is 0 Å². The summed E-state index contributed by atoms with van der Waals surface area (Å²) in [7, 11) is -3.56. The van der Waals surface area contributed by atoms with Gasteiger partial charge < -0.3 is 10.1 Å². The van der Waals surface area contributed by atoms with Crippen molar-refractivity contribution in [3.63, 3.8) is 0 Å². The molecule has 2 heterocycles. The third-order valence-corrected chi connectivity index (χ3v) is 8.20. The number of carbonyl (C=O) groups is 1. The lowest BCUT2D eigenvalue weighted by Crippen LogP contribution is -2.35. The molecule has 1 fully saturated rings. The molecule has 33 heavy (non-hydrogen) atoms. The van der Waals surface area contributed by atoms with Crippen LogP contribution in [0, 0.1) is 0 Å².